The molecule has 2 amide bonds. The summed E-state index contributed by atoms with van der Waals surface area (Å²) in [6, 6.07) is 12.5. The van der Waals surface area contributed by atoms with Crippen LogP contribution in [-0.4, -0.2) is 29.3 Å². The topological polar surface area (TPSA) is 75.7 Å². The van der Waals surface area contributed by atoms with Crippen molar-refractivity contribution in [2.75, 3.05) is 16.8 Å². The summed E-state index contributed by atoms with van der Waals surface area (Å²) in [5.74, 6) is -1.17. The number of fused-ring (bicyclic) bond motifs is 3. The Bertz CT molecular complexity index is 996. The maximum absolute atomic E-state index is 12.9. The van der Waals surface area contributed by atoms with Crippen LogP contribution in [0.4, 0.5) is 11.4 Å². The molecule has 1 fully saturated rings. The van der Waals surface area contributed by atoms with E-state index in [2.05, 4.69) is 5.32 Å². The maximum Gasteiger partial charge on any atom is 0.344 e. The van der Waals surface area contributed by atoms with Crippen molar-refractivity contribution in [1.82, 2.24) is 0 Å². The monoisotopic (exact) mass is 416 g/mol. The van der Waals surface area contributed by atoms with E-state index in [0.717, 1.165) is 10.5 Å². The number of nitrogens with one attached hydrogen (secondary N) is 1. The number of anilines is 2. The summed E-state index contributed by atoms with van der Waals surface area (Å²) in [4.78, 5) is 38.8. The van der Waals surface area contributed by atoms with Crippen LogP contribution in [-0.2, 0) is 19.1 Å². The second-order valence-electron chi connectivity index (χ2n) is 6.67. The van der Waals surface area contributed by atoms with Gasteiger partial charge in [-0.25, -0.2) is 4.79 Å². The van der Waals surface area contributed by atoms with Crippen molar-refractivity contribution in [2.24, 2.45) is 0 Å². The molecule has 2 aromatic carbocycles. The third-order valence-electron chi connectivity index (χ3n) is 4.80. The Morgan fingerprint density at radius 1 is 1.29 bits per heavy atom. The molecule has 1 N–H and O–H groups in total. The molecular weight excluding hydrogens is 400 g/mol. The molecule has 4 rings (SSSR count). The second kappa shape index (κ2) is 7.14. The van der Waals surface area contributed by atoms with Gasteiger partial charge in [0.15, 0.2) is 11.5 Å². The molecule has 1 saturated heterocycles. The lowest BCUT2D eigenvalue weighted by atomic mass is 10.2. The SMILES string of the molecule is Cc1ccc(Cl)cc1NC(=O)COC(=O)[C@@]12CCC(=O)N1c1ccccc1S2. The normalized spacial score (nSPS) is 19.9. The average Bonchev–Trinajstić information content (AvgIpc) is 3.18. The highest BCUT2D eigenvalue weighted by Crippen LogP contribution is 2.56. The van der Waals surface area contributed by atoms with Crippen LogP contribution < -0.4 is 10.2 Å². The number of hydrogen-bond acceptors (Lipinski definition) is 5. The number of halogens is 1. The molecule has 0 aromatic heterocycles. The third-order valence-corrected chi connectivity index (χ3v) is 6.49. The van der Waals surface area contributed by atoms with Crippen LogP contribution in [0.1, 0.15) is 18.4 Å². The molecular formula is C20H17ClN2O4S. The van der Waals surface area contributed by atoms with E-state index in [0.29, 0.717) is 22.8 Å². The first-order valence-electron chi connectivity index (χ1n) is 8.75. The highest BCUT2D eigenvalue weighted by molar-refractivity contribution is 8.02. The summed E-state index contributed by atoms with van der Waals surface area (Å²) in [5.41, 5.74) is 2.12. The molecule has 0 bridgehead atoms. The molecule has 144 valence electrons. The Labute approximate surface area is 171 Å². The number of carbonyl (C=O) groups is 3. The van der Waals surface area contributed by atoms with E-state index < -0.39 is 23.4 Å². The fourth-order valence-corrected chi connectivity index (χ4v) is 5.02. The van der Waals surface area contributed by atoms with Gasteiger partial charge >= 0.3 is 5.97 Å². The molecule has 8 heteroatoms. The van der Waals surface area contributed by atoms with Crippen LogP contribution in [0.15, 0.2) is 47.4 Å². The second-order valence-corrected chi connectivity index (χ2v) is 8.42. The molecule has 0 spiro atoms. The largest absolute Gasteiger partial charge is 0.453 e. The van der Waals surface area contributed by atoms with E-state index >= 15 is 0 Å². The first-order valence-corrected chi connectivity index (χ1v) is 9.94. The van der Waals surface area contributed by atoms with Crippen LogP contribution in [0.2, 0.25) is 5.02 Å². The molecule has 1 atom stereocenters. The summed E-state index contributed by atoms with van der Waals surface area (Å²) in [7, 11) is 0. The van der Waals surface area contributed by atoms with Crippen molar-refractivity contribution in [1.29, 1.82) is 0 Å². The third kappa shape index (κ3) is 3.14. The number of aryl methyl sites for hydroxylation is 1. The average molecular weight is 417 g/mol. The van der Waals surface area contributed by atoms with Gasteiger partial charge in [-0.15, -0.1) is 0 Å². The van der Waals surface area contributed by atoms with Gasteiger partial charge in [-0.05, 0) is 36.8 Å². The van der Waals surface area contributed by atoms with Gasteiger partial charge < -0.3 is 10.1 Å². The number of ether oxygens (including phenoxy) is 1. The highest BCUT2D eigenvalue weighted by Gasteiger charge is 2.58. The predicted molar refractivity (Wildman–Crippen MR) is 108 cm³/mol. The maximum atomic E-state index is 12.9. The molecule has 0 unspecified atom stereocenters. The van der Waals surface area contributed by atoms with Gasteiger partial charge in [0.2, 0.25) is 5.91 Å². The standard InChI is InChI=1S/C20H17ClN2O4S/c1-12-6-7-13(21)10-14(12)22-17(24)11-27-19(26)20-9-8-18(25)23(20)15-4-2-3-5-16(15)28-20/h2-7,10H,8-9,11H2,1H3,(H,22,24)/t20-/m0/s1. The van der Waals surface area contributed by atoms with E-state index in [1.165, 1.54) is 16.7 Å². The van der Waals surface area contributed by atoms with Gasteiger partial charge in [-0.3, -0.25) is 14.5 Å². The summed E-state index contributed by atoms with van der Waals surface area (Å²) in [6.07, 6.45) is 0.614. The zero-order valence-electron chi connectivity index (χ0n) is 15.0. The number of carbonyl (C=O) groups excluding carboxylic acids is 3. The Morgan fingerprint density at radius 2 is 2.07 bits per heavy atom. The first-order chi connectivity index (χ1) is 13.4. The number of benzene rings is 2. The van der Waals surface area contributed by atoms with E-state index in [-0.39, 0.29) is 12.3 Å². The number of amides is 2. The van der Waals surface area contributed by atoms with Crippen molar-refractivity contribution < 1.29 is 19.1 Å². The molecule has 2 aliphatic rings. The summed E-state index contributed by atoms with van der Waals surface area (Å²) in [6.45, 7) is 1.40. The number of rotatable bonds is 4. The summed E-state index contributed by atoms with van der Waals surface area (Å²) >= 11 is 7.26. The van der Waals surface area contributed by atoms with Gasteiger partial charge in [-0.2, -0.15) is 0 Å². The quantitative estimate of drug-likeness (QED) is 0.768. The van der Waals surface area contributed by atoms with Gasteiger partial charge in [-0.1, -0.05) is 41.6 Å². The van der Waals surface area contributed by atoms with Crippen molar-refractivity contribution in [3.05, 3.63) is 53.1 Å². The zero-order chi connectivity index (χ0) is 19.9. The number of thioether (sulfide) groups is 1. The van der Waals surface area contributed by atoms with E-state index in [9.17, 15) is 14.4 Å². The molecule has 2 heterocycles. The molecule has 6 nitrogen and oxygen atoms in total. The van der Waals surface area contributed by atoms with Gasteiger partial charge in [0.25, 0.3) is 5.91 Å². The Kier molecular flexibility index (Phi) is 4.81. The van der Waals surface area contributed by atoms with Gasteiger partial charge in [0, 0.05) is 28.4 Å². The smallest absolute Gasteiger partial charge is 0.344 e. The molecule has 28 heavy (non-hydrogen) atoms. The van der Waals surface area contributed by atoms with Crippen molar-refractivity contribution in [3.63, 3.8) is 0 Å². The highest BCUT2D eigenvalue weighted by atomic mass is 35.5. The van der Waals surface area contributed by atoms with Crippen LogP contribution >= 0.6 is 23.4 Å². The summed E-state index contributed by atoms with van der Waals surface area (Å²) < 4.78 is 5.32. The van der Waals surface area contributed by atoms with Crippen molar-refractivity contribution >= 4 is 52.5 Å². The number of hydrogen-bond donors (Lipinski definition) is 1. The Balaban J connectivity index is 1.46. The minimum Gasteiger partial charge on any atom is -0.453 e. The Morgan fingerprint density at radius 3 is 2.89 bits per heavy atom. The van der Waals surface area contributed by atoms with Crippen LogP contribution in [0.25, 0.3) is 0 Å². The minimum absolute atomic E-state index is 0.117. The lowest BCUT2D eigenvalue weighted by Gasteiger charge is -2.28. The lowest BCUT2D eigenvalue weighted by Crippen LogP contribution is -2.48. The molecule has 2 aromatic rings. The molecule has 0 radical (unpaired) electrons. The number of para-hydroxylation sites is 1. The van der Waals surface area contributed by atoms with Crippen molar-refractivity contribution in [2.45, 2.75) is 29.5 Å². The molecule has 0 saturated carbocycles. The molecule has 2 aliphatic heterocycles. The first kappa shape index (κ1) is 18.8. The predicted octanol–water partition coefficient (Wildman–Crippen LogP) is 3.76. The van der Waals surface area contributed by atoms with Crippen molar-refractivity contribution in [3.8, 4) is 0 Å². The zero-order valence-corrected chi connectivity index (χ0v) is 16.6. The minimum atomic E-state index is -1.13. The number of nitrogens with zero attached hydrogens (tertiary/aromatic N) is 1. The number of esters is 1. The van der Waals surface area contributed by atoms with Gasteiger partial charge in [0.1, 0.15) is 0 Å². The molecule has 0 aliphatic carbocycles. The fraction of sp³-hybridized carbons (Fsp3) is 0.250. The van der Waals surface area contributed by atoms with E-state index in [1.807, 2.05) is 31.2 Å². The lowest BCUT2D eigenvalue weighted by molar-refractivity contribution is -0.149. The van der Waals surface area contributed by atoms with Crippen LogP contribution in [0.3, 0.4) is 0 Å². The van der Waals surface area contributed by atoms with Crippen LogP contribution in [0.5, 0.6) is 0 Å². The van der Waals surface area contributed by atoms with E-state index in [1.54, 1.807) is 18.2 Å². The van der Waals surface area contributed by atoms with Crippen LogP contribution in [0, 0.1) is 6.92 Å². The Hall–Kier alpha value is -2.51. The fourth-order valence-electron chi connectivity index (χ4n) is 3.43. The summed E-state index contributed by atoms with van der Waals surface area (Å²) in [5, 5.41) is 3.19. The van der Waals surface area contributed by atoms with E-state index in [4.69, 9.17) is 16.3 Å². The van der Waals surface area contributed by atoms with Gasteiger partial charge in [0.05, 0.1) is 5.69 Å².